The number of urea groups is 1. The molecule has 2 aliphatic rings. The van der Waals surface area contributed by atoms with E-state index in [1.807, 2.05) is 6.92 Å². The number of amides is 3. The molecule has 0 aromatic heterocycles. The minimum atomic E-state index is -1.54. The molecule has 2 heterocycles. The van der Waals surface area contributed by atoms with Gasteiger partial charge in [-0.1, -0.05) is 6.92 Å². The van der Waals surface area contributed by atoms with Crippen LogP contribution in [0.15, 0.2) is 18.2 Å². The summed E-state index contributed by atoms with van der Waals surface area (Å²) < 4.78 is 24.2. The second kappa shape index (κ2) is 5.53. The third-order valence-electron chi connectivity index (χ3n) is 3.82. The summed E-state index contributed by atoms with van der Waals surface area (Å²) >= 11 is 0. The average molecular weight is 322 g/mol. The van der Waals surface area contributed by atoms with Crippen molar-refractivity contribution in [2.75, 3.05) is 6.61 Å². The first-order valence-corrected chi connectivity index (χ1v) is 7.23. The normalized spacial score (nSPS) is 25.4. The van der Waals surface area contributed by atoms with E-state index in [0.717, 1.165) is 12.1 Å². The van der Waals surface area contributed by atoms with E-state index in [0.29, 0.717) is 6.42 Å². The molecule has 0 bridgehead atoms. The minimum absolute atomic E-state index is 0.161. The van der Waals surface area contributed by atoms with Crippen LogP contribution in [0.5, 0.6) is 5.75 Å². The summed E-state index contributed by atoms with van der Waals surface area (Å²) in [6.07, 6.45) is -0.588. The van der Waals surface area contributed by atoms with Gasteiger partial charge < -0.3 is 14.8 Å². The van der Waals surface area contributed by atoms with Gasteiger partial charge in [0.15, 0.2) is 11.6 Å². The molecule has 1 unspecified atom stereocenters. The molecule has 122 valence electrons. The summed E-state index contributed by atoms with van der Waals surface area (Å²) in [5.41, 5.74) is -1.36. The first-order valence-electron chi connectivity index (χ1n) is 7.23. The highest BCUT2D eigenvalue weighted by Gasteiger charge is 2.55. The quantitative estimate of drug-likeness (QED) is 0.639. The smallest absolute Gasteiger partial charge is 0.347 e. The van der Waals surface area contributed by atoms with E-state index in [2.05, 4.69) is 10.6 Å². The Morgan fingerprint density at radius 3 is 2.91 bits per heavy atom. The Morgan fingerprint density at radius 1 is 1.48 bits per heavy atom. The molecular formula is C15H15FN2O5. The van der Waals surface area contributed by atoms with Gasteiger partial charge in [0.05, 0.1) is 6.61 Å². The van der Waals surface area contributed by atoms with Gasteiger partial charge in [0.25, 0.3) is 5.91 Å². The maximum Gasteiger partial charge on any atom is 0.347 e. The predicted molar refractivity (Wildman–Crippen MR) is 75.0 cm³/mol. The fourth-order valence-electron chi connectivity index (χ4n) is 2.77. The highest BCUT2D eigenvalue weighted by molar-refractivity contribution is 6.08. The molecule has 1 spiro atoms. The standard InChI is InChI=1S/C15H15FN2O5/c1-2-5-22-12(19)11-7-15(13(20)17-14(21)18-15)9-6-8(16)3-4-10(9)23-11/h3-4,6,11H,2,5,7H2,1H3,(H2,17,18,20,21)/t11-,15?/m1/s1. The minimum Gasteiger partial charge on any atom is -0.478 e. The molecule has 3 rings (SSSR count). The summed E-state index contributed by atoms with van der Waals surface area (Å²) in [6.45, 7) is 2.07. The van der Waals surface area contributed by atoms with Crippen molar-refractivity contribution in [3.8, 4) is 5.75 Å². The Bertz CT molecular complexity index is 692. The third-order valence-corrected chi connectivity index (χ3v) is 3.82. The first kappa shape index (κ1) is 15.3. The Labute approximate surface area is 131 Å². The lowest BCUT2D eigenvalue weighted by molar-refractivity contribution is -0.154. The van der Waals surface area contributed by atoms with Crippen molar-refractivity contribution in [2.45, 2.75) is 31.4 Å². The van der Waals surface area contributed by atoms with E-state index in [9.17, 15) is 18.8 Å². The molecule has 0 saturated carbocycles. The van der Waals surface area contributed by atoms with Crippen molar-refractivity contribution in [1.82, 2.24) is 10.6 Å². The molecular weight excluding hydrogens is 307 g/mol. The second-order valence-electron chi connectivity index (χ2n) is 5.43. The number of nitrogens with one attached hydrogen (secondary N) is 2. The van der Waals surface area contributed by atoms with Crippen LogP contribution in [0.2, 0.25) is 0 Å². The van der Waals surface area contributed by atoms with Crippen molar-refractivity contribution in [2.24, 2.45) is 0 Å². The molecule has 7 nitrogen and oxygen atoms in total. The molecule has 1 fully saturated rings. The fraction of sp³-hybridized carbons (Fsp3) is 0.400. The predicted octanol–water partition coefficient (Wildman–Crippen LogP) is 0.965. The maximum absolute atomic E-state index is 13.6. The zero-order chi connectivity index (χ0) is 16.6. The van der Waals surface area contributed by atoms with Crippen LogP contribution >= 0.6 is 0 Å². The number of imide groups is 1. The number of fused-ring (bicyclic) bond motifs is 2. The molecule has 0 radical (unpaired) electrons. The van der Waals surface area contributed by atoms with Gasteiger partial charge in [0.2, 0.25) is 0 Å². The number of carbonyl (C=O) groups excluding carboxylic acids is 3. The number of rotatable bonds is 3. The van der Waals surface area contributed by atoms with Gasteiger partial charge >= 0.3 is 12.0 Å². The van der Waals surface area contributed by atoms with Gasteiger partial charge in [-0.25, -0.2) is 14.0 Å². The highest BCUT2D eigenvalue weighted by Crippen LogP contribution is 2.41. The molecule has 2 aliphatic heterocycles. The van der Waals surface area contributed by atoms with E-state index in [-0.39, 0.29) is 24.3 Å². The van der Waals surface area contributed by atoms with Crippen LogP contribution in [0.1, 0.15) is 25.3 Å². The van der Waals surface area contributed by atoms with E-state index in [1.165, 1.54) is 6.07 Å². The van der Waals surface area contributed by atoms with E-state index >= 15 is 0 Å². The topological polar surface area (TPSA) is 93.7 Å². The molecule has 1 aromatic carbocycles. The molecule has 8 heteroatoms. The number of benzene rings is 1. The van der Waals surface area contributed by atoms with Crippen molar-refractivity contribution in [3.05, 3.63) is 29.6 Å². The largest absolute Gasteiger partial charge is 0.478 e. The number of halogens is 1. The monoisotopic (exact) mass is 322 g/mol. The van der Waals surface area contributed by atoms with Crippen molar-refractivity contribution < 1.29 is 28.2 Å². The van der Waals surface area contributed by atoms with Crippen LogP contribution in [0.25, 0.3) is 0 Å². The average Bonchev–Trinajstić information content (AvgIpc) is 2.79. The molecule has 23 heavy (non-hydrogen) atoms. The number of ether oxygens (including phenoxy) is 2. The molecule has 1 saturated heterocycles. The fourth-order valence-corrected chi connectivity index (χ4v) is 2.77. The Hall–Kier alpha value is -2.64. The molecule has 3 amide bonds. The molecule has 2 atom stereocenters. The van der Waals surface area contributed by atoms with Crippen molar-refractivity contribution in [3.63, 3.8) is 0 Å². The summed E-state index contributed by atoms with van der Waals surface area (Å²) in [4.78, 5) is 36.0. The zero-order valence-corrected chi connectivity index (χ0v) is 12.3. The lowest BCUT2D eigenvalue weighted by atomic mass is 9.81. The van der Waals surface area contributed by atoms with Crippen LogP contribution in [-0.4, -0.2) is 30.6 Å². The van der Waals surface area contributed by atoms with E-state index in [4.69, 9.17) is 9.47 Å². The molecule has 0 aliphatic carbocycles. The van der Waals surface area contributed by atoms with Gasteiger partial charge in [-0.15, -0.1) is 0 Å². The van der Waals surface area contributed by atoms with Crippen LogP contribution in [0, 0.1) is 5.82 Å². The van der Waals surface area contributed by atoms with Crippen LogP contribution in [0.3, 0.4) is 0 Å². The first-order chi connectivity index (χ1) is 11.0. The lowest BCUT2D eigenvalue weighted by Crippen LogP contribution is -2.52. The van der Waals surface area contributed by atoms with Gasteiger partial charge in [-0.2, -0.15) is 0 Å². The Balaban J connectivity index is 2.01. The summed E-state index contributed by atoms with van der Waals surface area (Å²) in [7, 11) is 0. The van der Waals surface area contributed by atoms with E-state index < -0.39 is 35.4 Å². The Kier molecular flexibility index (Phi) is 3.67. The van der Waals surface area contributed by atoms with Crippen molar-refractivity contribution >= 4 is 17.9 Å². The van der Waals surface area contributed by atoms with Gasteiger partial charge in [0, 0.05) is 12.0 Å². The number of carbonyl (C=O) groups is 3. The van der Waals surface area contributed by atoms with Gasteiger partial charge in [-0.05, 0) is 24.6 Å². The summed E-state index contributed by atoms with van der Waals surface area (Å²) in [5, 5.41) is 4.61. The maximum atomic E-state index is 13.6. The third kappa shape index (κ3) is 2.49. The van der Waals surface area contributed by atoms with E-state index in [1.54, 1.807) is 0 Å². The zero-order valence-electron chi connectivity index (χ0n) is 12.3. The summed E-state index contributed by atoms with van der Waals surface area (Å²) in [5.74, 6) is -1.69. The lowest BCUT2D eigenvalue weighted by Gasteiger charge is -2.36. The number of hydrogen-bond donors (Lipinski definition) is 2. The molecule has 2 N–H and O–H groups in total. The van der Waals surface area contributed by atoms with Crippen LogP contribution in [0.4, 0.5) is 9.18 Å². The van der Waals surface area contributed by atoms with Crippen molar-refractivity contribution in [1.29, 1.82) is 0 Å². The molecule has 1 aromatic rings. The highest BCUT2D eigenvalue weighted by atomic mass is 19.1. The Morgan fingerprint density at radius 2 is 2.26 bits per heavy atom. The van der Waals surface area contributed by atoms with Gasteiger partial charge in [-0.3, -0.25) is 10.1 Å². The van der Waals surface area contributed by atoms with Crippen LogP contribution in [-0.2, 0) is 19.9 Å². The second-order valence-corrected chi connectivity index (χ2v) is 5.43. The summed E-state index contributed by atoms with van der Waals surface area (Å²) in [6, 6.07) is 2.89. The van der Waals surface area contributed by atoms with Crippen LogP contribution < -0.4 is 15.4 Å². The van der Waals surface area contributed by atoms with Gasteiger partial charge in [0.1, 0.15) is 11.6 Å². The SMILES string of the molecule is CCCOC(=O)[C@H]1CC2(NC(=O)NC2=O)c2cc(F)ccc2O1. The number of hydrogen-bond acceptors (Lipinski definition) is 5. The number of esters is 1.